The molecule has 170 valence electrons. The molecule has 3 aromatic rings. The molecular formula is C26H26ClN3O3. The Bertz CT molecular complexity index is 1200. The summed E-state index contributed by atoms with van der Waals surface area (Å²) in [6.45, 7) is 6.41. The van der Waals surface area contributed by atoms with Crippen LogP contribution in [0.3, 0.4) is 0 Å². The van der Waals surface area contributed by atoms with E-state index in [4.69, 9.17) is 11.6 Å². The molecule has 3 aromatic carbocycles. The number of piperazine rings is 1. The minimum Gasteiger partial charge on any atom is -0.478 e. The Morgan fingerprint density at radius 3 is 2.52 bits per heavy atom. The molecule has 1 unspecified atom stereocenters. The van der Waals surface area contributed by atoms with Crippen molar-refractivity contribution in [2.75, 3.05) is 34.8 Å². The Kier molecular flexibility index (Phi) is 6.56. The molecule has 33 heavy (non-hydrogen) atoms. The molecule has 1 aliphatic rings. The van der Waals surface area contributed by atoms with Gasteiger partial charge in [-0.15, -0.1) is 0 Å². The van der Waals surface area contributed by atoms with E-state index < -0.39 is 5.97 Å². The van der Waals surface area contributed by atoms with Crippen molar-refractivity contribution in [1.82, 2.24) is 0 Å². The summed E-state index contributed by atoms with van der Waals surface area (Å²) in [5.41, 5.74) is 4.04. The van der Waals surface area contributed by atoms with Crippen molar-refractivity contribution >= 4 is 40.5 Å². The summed E-state index contributed by atoms with van der Waals surface area (Å²) in [7, 11) is 0. The maximum Gasteiger partial charge on any atom is 0.337 e. The molecular weight excluding hydrogens is 438 g/mol. The van der Waals surface area contributed by atoms with Crippen molar-refractivity contribution in [3.05, 3.63) is 88.4 Å². The number of nitrogens with one attached hydrogen (secondary N) is 1. The molecule has 0 saturated carbocycles. The van der Waals surface area contributed by atoms with Crippen molar-refractivity contribution < 1.29 is 14.7 Å². The molecule has 1 atom stereocenters. The van der Waals surface area contributed by atoms with Crippen LogP contribution in [0.25, 0.3) is 0 Å². The number of aryl methyl sites for hydroxylation is 1. The third-order valence-corrected chi connectivity index (χ3v) is 6.11. The Hall–Kier alpha value is -3.51. The normalized spacial score (nSPS) is 15.9. The van der Waals surface area contributed by atoms with Gasteiger partial charge in [0.1, 0.15) is 0 Å². The van der Waals surface area contributed by atoms with E-state index in [0.29, 0.717) is 35.1 Å². The van der Waals surface area contributed by atoms with Gasteiger partial charge in [-0.1, -0.05) is 29.8 Å². The number of carboxylic acids is 1. The average Bonchev–Trinajstić information content (AvgIpc) is 2.79. The number of anilines is 3. The number of rotatable bonds is 5. The first-order valence-electron chi connectivity index (χ1n) is 10.8. The predicted octanol–water partition coefficient (Wildman–Crippen LogP) is 5.31. The Morgan fingerprint density at radius 2 is 1.82 bits per heavy atom. The van der Waals surface area contributed by atoms with Gasteiger partial charge in [-0.3, -0.25) is 4.79 Å². The standard InChI is InChI=1S/C26H26ClN3O3/c1-17-5-3-8-22(13-17)30-12-11-29(16-18(30)2)24-10-9-21(15-23(24)26(32)33)28-25(31)19-6-4-7-20(27)14-19/h3-10,13-15,18H,11-12,16H2,1-2H3,(H,28,31)(H,32,33). The number of benzene rings is 3. The minimum absolute atomic E-state index is 0.162. The van der Waals surface area contributed by atoms with E-state index in [0.717, 1.165) is 6.54 Å². The zero-order valence-corrected chi connectivity index (χ0v) is 19.3. The van der Waals surface area contributed by atoms with Crippen LogP contribution in [-0.4, -0.2) is 42.7 Å². The van der Waals surface area contributed by atoms with Crippen LogP contribution in [-0.2, 0) is 0 Å². The maximum atomic E-state index is 12.5. The number of nitrogens with zero attached hydrogens (tertiary/aromatic N) is 2. The number of carbonyl (C=O) groups excluding carboxylic acids is 1. The molecule has 0 aliphatic carbocycles. The van der Waals surface area contributed by atoms with Crippen LogP contribution in [0.1, 0.15) is 33.2 Å². The molecule has 7 heteroatoms. The van der Waals surface area contributed by atoms with Gasteiger partial charge in [0.05, 0.1) is 11.3 Å². The number of hydrogen-bond acceptors (Lipinski definition) is 4. The SMILES string of the molecule is Cc1cccc(N2CCN(c3ccc(NC(=O)c4cccc(Cl)c4)cc3C(=O)O)CC2C)c1. The fraction of sp³-hybridized carbons (Fsp3) is 0.231. The van der Waals surface area contributed by atoms with Crippen molar-refractivity contribution in [2.24, 2.45) is 0 Å². The van der Waals surface area contributed by atoms with Gasteiger partial charge in [0.25, 0.3) is 5.91 Å². The first-order chi connectivity index (χ1) is 15.8. The molecule has 0 spiro atoms. The van der Waals surface area contributed by atoms with Crippen LogP contribution in [0.2, 0.25) is 5.02 Å². The maximum absolute atomic E-state index is 12.5. The highest BCUT2D eigenvalue weighted by Crippen LogP contribution is 2.29. The topological polar surface area (TPSA) is 72.9 Å². The Labute approximate surface area is 198 Å². The fourth-order valence-electron chi connectivity index (χ4n) is 4.26. The number of hydrogen-bond donors (Lipinski definition) is 2. The second-order valence-electron chi connectivity index (χ2n) is 8.33. The molecule has 6 nitrogen and oxygen atoms in total. The first kappa shape index (κ1) is 22.7. The first-order valence-corrected chi connectivity index (χ1v) is 11.2. The van der Waals surface area contributed by atoms with Crippen molar-refractivity contribution in [3.63, 3.8) is 0 Å². The Morgan fingerprint density at radius 1 is 1.03 bits per heavy atom. The van der Waals surface area contributed by atoms with E-state index in [-0.39, 0.29) is 17.5 Å². The van der Waals surface area contributed by atoms with Crippen LogP contribution in [0.5, 0.6) is 0 Å². The summed E-state index contributed by atoms with van der Waals surface area (Å²) in [5.74, 6) is -1.38. The number of amides is 1. The molecule has 1 amide bonds. The second kappa shape index (κ2) is 9.55. The summed E-state index contributed by atoms with van der Waals surface area (Å²) in [6.07, 6.45) is 0. The van der Waals surface area contributed by atoms with E-state index in [1.54, 1.807) is 36.4 Å². The van der Waals surface area contributed by atoms with Gasteiger partial charge in [-0.05, 0) is 67.9 Å². The van der Waals surface area contributed by atoms with Gasteiger partial charge >= 0.3 is 5.97 Å². The zero-order chi connectivity index (χ0) is 23.5. The summed E-state index contributed by atoms with van der Waals surface area (Å²) in [6, 6.07) is 20.3. The van der Waals surface area contributed by atoms with Crippen LogP contribution in [0.4, 0.5) is 17.1 Å². The molecule has 0 bridgehead atoms. The molecule has 0 radical (unpaired) electrons. The second-order valence-corrected chi connectivity index (χ2v) is 8.77. The molecule has 4 rings (SSSR count). The zero-order valence-electron chi connectivity index (χ0n) is 18.6. The van der Waals surface area contributed by atoms with Gasteiger partial charge in [-0.25, -0.2) is 4.79 Å². The Balaban J connectivity index is 1.52. The highest BCUT2D eigenvalue weighted by Gasteiger charge is 2.27. The van der Waals surface area contributed by atoms with Gasteiger partial charge < -0.3 is 20.2 Å². The summed E-state index contributed by atoms with van der Waals surface area (Å²) >= 11 is 5.97. The monoisotopic (exact) mass is 463 g/mol. The van der Waals surface area contributed by atoms with E-state index in [9.17, 15) is 14.7 Å². The average molecular weight is 464 g/mol. The number of halogens is 1. The van der Waals surface area contributed by atoms with Gasteiger partial charge in [-0.2, -0.15) is 0 Å². The summed E-state index contributed by atoms with van der Waals surface area (Å²) in [4.78, 5) is 29.0. The van der Waals surface area contributed by atoms with E-state index in [2.05, 4.69) is 53.2 Å². The van der Waals surface area contributed by atoms with E-state index in [1.165, 1.54) is 17.3 Å². The largest absolute Gasteiger partial charge is 0.478 e. The van der Waals surface area contributed by atoms with Gasteiger partial charge in [0, 0.05) is 47.6 Å². The lowest BCUT2D eigenvalue weighted by Gasteiger charge is -2.42. The lowest BCUT2D eigenvalue weighted by Crippen LogP contribution is -2.52. The van der Waals surface area contributed by atoms with Crippen LogP contribution in [0, 0.1) is 6.92 Å². The highest BCUT2D eigenvalue weighted by molar-refractivity contribution is 6.31. The molecule has 1 heterocycles. The number of carbonyl (C=O) groups is 2. The number of aromatic carboxylic acids is 1. The smallest absolute Gasteiger partial charge is 0.337 e. The summed E-state index contributed by atoms with van der Waals surface area (Å²) < 4.78 is 0. The highest BCUT2D eigenvalue weighted by atomic mass is 35.5. The minimum atomic E-state index is -1.03. The van der Waals surface area contributed by atoms with Crippen molar-refractivity contribution in [3.8, 4) is 0 Å². The molecule has 1 aliphatic heterocycles. The fourth-order valence-corrected chi connectivity index (χ4v) is 4.45. The van der Waals surface area contributed by atoms with Crippen molar-refractivity contribution in [2.45, 2.75) is 19.9 Å². The third-order valence-electron chi connectivity index (χ3n) is 5.87. The predicted molar refractivity (Wildman–Crippen MR) is 133 cm³/mol. The van der Waals surface area contributed by atoms with Gasteiger partial charge in [0.2, 0.25) is 0 Å². The van der Waals surface area contributed by atoms with E-state index >= 15 is 0 Å². The van der Waals surface area contributed by atoms with Crippen molar-refractivity contribution in [1.29, 1.82) is 0 Å². The van der Waals surface area contributed by atoms with Crippen LogP contribution in [0.15, 0.2) is 66.7 Å². The molecule has 1 fully saturated rings. The van der Waals surface area contributed by atoms with Crippen LogP contribution >= 0.6 is 11.6 Å². The molecule has 1 saturated heterocycles. The van der Waals surface area contributed by atoms with E-state index in [1.807, 2.05) is 0 Å². The van der Waals surface area contributed by atoms with Crippen LogP contribution < -0.4 is 15.1 Å². The third kappa shape index (κ3) is 5.12. The summed E-state index contributed by atoms with van der Waals surface area (Å²) in [5, 5.41) is 13.1. The molecule has 2 N–H and O–H groups in total. The van der Waals surface area contributed by atoms with Gasteiger partial charge in [0.15, 0.2) is 0 Å². The quantitative estimate of drug-likeness (QED) is 0.536. The molecule has 0 aromatic heterocycles. The lowest BCUT2D eigenvalue weighted by molar-refractivity contribution is 0.0697. The number of carboxylic acid groups (broad SMARTS) is 1. The lowest BCUT2D eigenvalue weighted by atomic mass is 10.1.